The molecule has 1 aromatic carbocycles. The molecule has 1 N–H and O–H groups in total. The van der Waals surface area contributed by atoms with Crippen molar-refractivity contribution >= 4 is 0 Å². The number of rotatable bonds is 0. The molecule has 0 spiro atoms. The number of ether oxygens (including phenoxy) is 2. The predicted molar refractivity (Wildman–Crippen MR) is 76.0 cm³/mol. The Balaban J connectivity index is 2.10. The second-order valence-electron chi connectivity index (χ2n) is 6.73. The summed E-state index contributed by atoms with van der Waals surface area (Å²) < 4.78 is 11.4. The van der Waals surface area contributed by atoms with Gasteiger partial charge in [-0.15, -0.1) is 0 Å². The molecule has 104 valence electrons. The summed E-state index contributed by atoms with van der Waals surface area (Å²) in [5.74, 6) is 2.32. The van der Waals surface area contributed by atoms with Crippen LogP contribution >= 0.6 is 0 Å². The van der Waals surface area contributed by atoms with E-state index in [0.29, 0.717) is 25.2 Å². The molecule has 2 aliphatic heterocycles. The van der Waals surface area contributed by atoms with Crippen molar-refractivity contribution in [1.29, 1.82) is 0 Å². The molecule has 0 saturated carbocycles. The molecule has 19 heavy (non-hydrogen) atoms. The van der Waals surface area contributed by atoms with E-state index in [0.717, 1.165) is 18.0 Å². The van der Waals surface area contributed by atoms with Crippen molar-refractivity contribution < 1.29 is 9.47 Å². The molecular weight excluding hydrogens is 238 g/mol. The van der Waals surface area contributed by atoms with Gasteiger partial charge in [0, 0.05) is 12.6 Å². The van der Waals surface area contributed by atoms with Crippen molar-refractivity contribution in [3.8, 4) is 11.5 Å². The molecule has 0 aromatic heterocycles. The molecule has 2 heterocycles. The first-order valence-corrected chi connectivity index (χ1v) is 7.13. The first kappa shape index (κ1) is 12.8. The third-order valence-corrected chi connectivity index (χ3v) is 4.08. The van der Waals surface area contributed by atoms with Gasteiger partial charge in [0.05, 0.1) is 0 Å². The van der Waals surface area contributed by atoms with Gasteiger partial charge in [0.2, 0.25) is 0 Å². The maximum absolute atomic E-state index is 5.73. The number of fused-ring (bicyclic) bond motifs is 2. The zero-order chi connectivity index (χ0) is 13.6. The smallest absolute Gasteiger partial charge is 0.161 e. The van der Waals surface area contributed by atoms with Gasteiger partial charge in [-0.2, -0.15) is 0 Å². The standard InChI is InChI=1S/C16H23NO2/c1-10-9-17-15(16(2,3)4)12-8-14-13(7-11(10)12)18-5-6-19-14/h7-8,10,15,17H,5-6,9H2,1-4H3. The van der Waals surface area contributed by atoms with Crippen molar-refractivity contribution in [3.05, 3.63) is 23.3 Å². The average molecular weight is 261 g/mol. The minimum absolute atomic E-state index is 0.193. The minimum atomic E-state index is 0.193. The molecule has 0 bridgehead atoms. The van der Waals surface area contributed by atoms with Crippen LogP contribution in [0.1, 0.15) is 50.8 Å². The van der Waals surface area contributed by atoms with Crippen molar-refractivity contribution in [2.75, 3.05) is 19.8 Å². The lowest BCUT2D eigenvalue weighted by Crippen LogP contribution is -2.39. The molecule has 0 amide bonds. The van der Waals surface area contributed by atoms with Crippen LogP contribution in [0.4, 0.5) is 0 Å². The summed E-state index contributed by atoms with van der Waals surface area (Å²) in [5, 5.41) is 3.68. The van der Waals surface area contributed by atoms with Gasteiger partial charge in [-0.1, -0.05) is 27.7 Å². The van der Waals surface area contributed by atoms with Crippen molar-refractivity contribution in [1.82, 2.24) is 5.32 Å². The van der Waals surface area contributed by atoms with Crippen LogP contribution in [0.2, 0.25) is 0 Å². The molecular formula is C16H23NO2. The Labute approximate surface area is 115 Å². The highest BCUT2D eigenvalue weighted by Crippen LogP contribution is 2.44. The molecule has 2 unspecified atom stereocenters. The number of hydrogen-bond acceptors (Lipinski definition) is 3. The number of nitrogens with one attached hydrogen (secondary N) is 1. The van der Waals surface area contributed by atoms with Crippen molar-refractivity contribution in [2.24, 2.45) is 5.41 Å². The first-order chi connectivity index (χ1) is 8.97. The summed E-state index contributed by atoms with van der Waals surface area (Å²) in [6.45, 7) is 11.4. The lowest BCUT2D eigenvalue weighted by atomic mass is 9.76. The summed E-state index contributed by atoms with van der Waals surface area (Å²) in [4.78, 5) is 0. The molecule has 0 aliphatic carbocycles. The van der Waals surface area contributed by atoms with Gasteiger partial charge in [-0.05, 0) is 34.6 Å². The quantitative estimate of drug-likeness (QED) is 0.777. The van der Waals surface area contributed by atoms with E-state index in [4.69, 9.17) is 9.47 Å². The molecule has 0 radical (unpaired) electrons. The van der Waals surface area contributed by atoms with E-state index in [2.05, 4.69) is 45.1 Å². The van der Waals surface area contributed by atoms with Gasteiger partial charge in [0.25, 0.3) is 0 Å². The Morgan fingerprint density at radius 3 is 2.21 bits per heavy atom. The summed E-state index contributed by atoms with van der Waals surface area (Å²) >= 11 is 0. The maximum atomic E-state index is 5.73. The monoisotopic (exact) mass is 261 g/mol. The van der Waals surface area contributed by atoms with Gasteiger partial charge < -0.3 is 14.8 Å². The summed E-state index contributed by atoms with van der Waals surface area (Å²) in [6.07, 6.45) is 0. The maximum Gasteiger partial charge on any atom is 0.161 e. The van der Waals surface area contributed by atoms with Crippen LogP contribution in [0, 0.1) is 5.41 Å². The minimum Gasteiger partial charge on any atom is -0.486 e. The fraction of sp³-hybridized carbons (Fsp3) is 0.625. The first-order valence-electron chi connectivity index (χ1n) is 7.13. The predicted octanol–water partition coefficient (Wildman–Crippen LogP) is 3.25. The van der Waals surface area contributed by atoms with E-state index in [1.54, 1.807) is 0 Å². The van der Waals surface area contributed by atoms with Gasteiger partial charge in [-0.25, -0.2) is 0 Å². The fourth-order valence-corrected chi connectivity index (χ4v) is 3.08. The lowest BCUT2D eigenvalue weighted by molar-refractivity contribution is 0.169. The van der Waals surface area contributed by atoms with E-state index in [1.807, 2.05) is 0 Å². The zero-order valence-corrected chi connectivity index (χ0v) is 12.2. The third-order valence-electron chi connectivity index (χ3n) is 4.08. The Morgan fingerprint density at radius 2 is 1.63 bits per heavy atom. The number of benzene rings is 1. The van der Waals surface area contributed by atoms with E-state index in [1.165, 1.54) is 11.1 Å². The Bertz CT molecular complexity index is 490. The fourth-order valence-electron chi connectivity index (χ4n) is 3.08. The normalized spacial score (nSPS) is 25.9. The van der Waals surface area contributed by atoms with Crippen LogP contribution in [0.15, 0.2) is 12.1 Å². The molecule has 3 nitrogen and oxygen atoms in total. The largest absolute Gasteiger partial charge is 0.486 e. The number of hydrogen-bond donors (Lipinski definition) is 1. The second-order valence-corrected chi connectivity index (χ2v) is 6.73. The van der Waals surface area contributed by atoms with E-state index in [-0.39, 0.29) is 5.41 Å². The zero-order valence-electron chi connectivity index (χ0n) is 12.2. The average Bonchev–Trinajstić information content (AvgIpc) is 2.36. The van der Waals surface area contributed by atoms with Crippen LogP contribution in [0.3, 0.4) is 0 Å². The SMILES string of the molecule is CC1CNC(C(C)(C)C)c2cc3c(cc21)OCCO3. The van der Waals surface area contributed by atoms with Crippen LogP contribution in [0.25, 0.3) is 0 Å². The highest BCUT2D eigenvalue weighted by Gasteiger charge is 2.34. The van der Waals surface area contributed by atoms with Crippen LogP contribution in [0.5, 0.6) is 11.5 Å². The van der Waals surface area contributed by atoms with Crippen LogP contribution in [-0.4, -0.2) is 19.8 Å². The highest BCUT2D eigenvalue weighted by molar-refractivity contribution is 5.51. The Kier molecular flexibility index (Phi) is 2.97. The molecule has 2 aliphatic rings. The second kappa shape index (κ2) is 4.41. The third kappa shape index (κ3) is 2.20. The molecule has 0 fully saturated rings. The van der Waals surface area contributed by atoms with Gasteiger partial charge >= 0.3 is 0 Å². The Morgan fingerprint density at radius 1 is 1.05 bits per heavy atom. The molecule has 0 saturated heterocycles. The molecule has 1 aromatic rings. The van der Waals surface area contributed by atoms with E-state index < -0.39 is 0 Å². The van der Waals surface area contributed by atoms with Crippen LogP contribution < -0.4 is 14.8 Å². The van der Waals surface area contributed by atoms with E-state index >= 15 is 0 Å². The molecule has 2 atom stereocenters. The summed E-state index contributed by atoms with van der Waals surface area (Å²) in [5.41, 5.74) is 2.97. The summed E-state index contributed by atoms with van der Waals surface area (Å²) in [7, 11) is 0. The van der Waals surface area contributed by atoms with Crippen molar-refractivity contribution in [3.63, 3.8) is 0 Å². The summed E-state index contributed by atoms with van der Waals surface area (Å²) in [6, 6.07) is 4.74. The van der Waals surface area contributed by atoms with E-state index in [9.17, 15) is 0 Å². The molecule has 3 rings (SSSR count). The van der Waals surface area contributed by atoms with Crippen LogP contribution in [-0.2, 0) is 0 Å². The Hall–Kier alpha value is -1.22. The van der Waals surface area contributed by atoms with Gasteiger partial charge in [-0.3, -0.25) is 0 Å². The van der Waals surface area contributed by atoms with Gasteiger partial charge in [0.1, 0.15) is 13.2 Å². The van der Waals surface area contributed by atoms with Gasteiger partial charge in [0.15, 0.2) is 11.5 Å². The highest BCUT2D eigenvalue weighted by atomic mass is 16.6. The lowest BCUT2D eigenvalue weighted by Gasteiger charge is -2.39. The molecule has 3 heteroatoms. The van der Waals surface area contributed by atoms with Crippen molar-refractivity contribution in [2.45, 2.75) is 39.7 Å². The topological polar surface area (TPSA) is 30.5 Å².